The molecule has 1 N–H and O–H groups in total. The lowest BCUT2D eigenvalue weighted by Gasteiger charge is -2.04. The zero-order valence-electron chi connectivity index (χ0n) is 15.8. The second-order valence-electron chi connectivity index (χ2n) is 6.56. The molecule has 4 rings (SSSR count). The van der Waals surface area contributed by atoms with Gasteiger partial charge in [0.1, 0.15) is 11.2 Å². The van der Waals surface area contributed by atoms with Gasteiger partial charge in [-0.25, -0.2) is 4.68 Å². The van der Waals surface area contributed by atoms with Crippen LogP contribution in [0.2, 0.25) is 0 Å². The van der Waals surface area contributed by atoms with Gasteiger partial charge in [-0.15, -0.1) is 5.10 Å². The Balaban J connectivity index is 1.40. The molecule has 4 aromatic rings. The van der Waals surface area contributed by atoms with Gasteiger partial charge in [0.15, 0.2) is 0 Å². The lowest BCUT2D eigenvalue weighted by molar-refractivity contribution is -0.116. The van der Waals surface area contributed by atoms with Gasteiger partial charge < -0.3 is 4.52 Å². The van der Waals surface area contributed by atoms with Gasteiger partial charge in [-0.3, -0.25) is 14.9 Å². The summed E-state index contributed by atoms with van der Waals surface area (Å²) >= 11 is 0. The minimum Gasteiger partial charge on any atom is -0.338 e. The van der Waals surface area contributed by atoms with Crippen LogP contribution in [0.15, 0.2) is 63.9 Å². The van der Waals surface area contributed by atoms with Gasteiger partial charge in [0.05, 0.1) is 11.9 Å². The van der Waals surface area contributed by atoms with E-state index in [1.54, 1.807) is 30.3 Å². The molecule has 29 heavy (non-hydrogen) atoms. The standard InChI is InChI=1S/C21H19N5O3/c1-2-14-7-9-15(10-8-14)18-13-20(29-24-18)22-19(27)11-12-26-21(28)16-5-3-4-6-17(16)23-25-26/h3-10,13H,2,11-12H2,1H3,(H,22,27). The number of rotatable bonds is 6. The highest BCUT2D eigenvalue weighted by atomic mass is 16.5. The average molecular weight is 389 g/mol. The van der Waals surface area contributed by atoms with E-state index in [0.717, 1.165) is 12.0 Å². The Bertz CT molecular complexity index is 1210. The first-order valence-electron chi connectivity index (χ1n) is 9.32. The van der Waals surface area contributed by atoms with Crippen molar-refractivity contribution in [3.05, 3.63) is 70.5 Å². The largest absolute Gasteiger partial charge is 0.338 e. The molecule has 0 radical (unpaired) electrons. The number of hydrogen-bond donors (Lipinski definition) is 1. The van der Waals surface area contributed by atoms with E-state index in [2.05, 4.69) is 27.7 Å². The molecule has 0 spiro atoms. The molecule has 8 nitrogen and oxygen atoms in total. The van der Waals surface area contributed by atoms with Gasteiger partial charge in [-0.2, -0.15) is 0 Å². The summed E-state index contributed by atoms with van der Waals surface area (Å²) in [6.45, 7) is 2.21. The lowest BCUT2D eigenvalue weighted by Crippen LogP contribution is -2.26. The summed E-state index contributed by atoms with van der Waals surface area (Å²) in [4.78, 5) is 24.6. The van der Waals surface area contributed by atoms with Crippen LogP contribution in [-0.4, -0.2) is 26.1 Å². The zero-order valence-corrected chi connectivity index (χ0v) is 15.8. The number of fused-ring (bicyclic) bond motifs is 1. The van der Waals surface area contributed by atoms with E-state index in [4.69, 9.17) is 4.52 Å². The van der Waals surface area contributed by atoms with Crippen molar-refractivity contribution in [2.24, 2.45) is 0 Å². The molecule has 0 aliphatic heterocycles. The third kappa shape index (κ3) is 4.06. The maximum Gasteiger partial charge on any atom is 0.277 e. The molecule has 2 heterocycles. The summed E-state index contributed by atoms with van der Waals surface area (Å²) in [7, 11) is 0. The number of amides is 1. The topological polar surface area (TPSA) is 103 Å². The van der Waals surface area contributed by atoms with Crippen molar-refractivity contribution in [3.8, 4) is 11.3 Å². The molecule has 0 atom stereocenters. The number of aromatic nitrogens is 4. The molecule has 0 saturated carbocycles. The number of anilines is 1. The van der Waals surface area contributed by atoms with Crippen molar-refractivity contribution < 1.29 is 9.32 Å². The van der Waals surface area contributed by atoms with E-state index in [9.17, 15) is 9.59 Å². The van der Waals surface area contributed by atoms with Crippen LogP contribution in [0.3, 0.4) is 0 Å². The molecule has 1 amide bonds. The van der Waals surface area contributed by atoms with E-state index in [0.29, 0.717) is 16.6 Å². The van der Waals surface area contributed by atoms with Gasteiger partial charge in [-0.05, 0) is 24.1 Å². The smallest absolute Gasteiger partial charge is 0.277 e. The van der Waals surface area contributed by atoms with Crippen molar-refractivity contribution in [1.29, 1.82) is 0 Å². The summed E-state index contributed by atoms with van der Waals surface area (Å²) in [5.41, 5.74) is 3.03. The maximum absolute atomic E-state index is 12.4. The number of aryl methyl sites for hydroxylation is 2. The summed E-state index contributed by atoms with van der Waals surface area (Å²) < 4.78 is 6.38. The van der Waals surface area contributed by atoms with Gasteiger partial charge in [0.25, 0.3) is 5.56 Å². The predicted octanol–water partition coefficient (Wildman–Crippen LogP) is 3.04. The van der Waals surface area contributed by atoms with Crippen molar-refractivity contribution in [2.45, 2.75) is 26.3 Å². The van der Waals surface area contributed by atoms with Gasteiger partial charge in [0, 0.05) is 18.1 Å². The number of nitrogens with zero attached hydrogens (tertiary/aromatic N) is 4. The normalized spacial score (nSPS) is 10.9. The number of benzene rings is 2. The summed E-state index contributed by atoms with van der Waals surface area (Å²) in [5.74, 6) is -0.0580. The fourth-order valence-electron chi connectivity index (χ4n) is 2.96. The Morgan fingerprint density at radius 1 is 1.14 bits per heavy atom. The molecule has 2 aromatic heterocycles. The highest BCUT2D eigenvalue weighted by Crippen LogP contribution is 2.22. The Morgan fingerprint density at radius 2 is 1.93 bits per heavy atom. The van der Waals surface area contributed by atoms with E-state index in [1.807, 2.05) is 24.3 Å². The van der Waals surface area contributed by atoms with Crippen LogP contribution in [0.25, 0.3) is 22.2 Å². The van der Waals surface area contributed by atoms with Crippen molar-refractivity contribution >= 4 is 22.7 Å². The van der Waals surface area contributed by atoms with E-state index in [1.165, 1.54) is 10.2 Å². The average Bonchev–Trinajstić information content (AvgIpc) is 3.22. The fraction of sp³-hybridized carbons (Fsp3) is 0.190. The van der Waals surface area contributed by atoms with E-state index in [-0.39, 0.29) is 30.3 Å². The Kier molecular flexibility index (Phi) is 5.15. The first kappa shape index (κ1) is 18.5. The monoisotopic (exact) mass is 389 g/mol. The van der Waals surface area contributed by atoms with Crippen LogP contribution < -0.4 is 10.9 Å². The third-order valence-corrected chi connectivity index (χ3v) is 4.61. The molecule has 0 saturated heterocycles. The predicted molar refractivity (Wildman–Crippen MR) is 108 cm³/mol. The zero-order chi connectivity index (χ0) is 20.2. The summed E-state index contributed by atoms with van der Waals surface area (Å²) in [6, 6.07) is 16.6. The van der Waals surface area contributed by atoms with Gasteiger partial charge in [-0.1, -0.05) is 53.7 Å². The molecule has 0 fully saturated rings. The maximum atomic E-state index is 12.4. The Morgan fingerprint density at radius 3 is 2.72 bits per heavy atom. The van der Waals surface area contributed by atoms with Crippen LogP contribution in [0.1, 0.15) is 18.9 Å². The summed E-state index contributed by atoms with van der Waals surface area (Å²) in [5, 5.41) is 15.0. The lowest BCUT2D eigenvalue weighted by atomic mass is 10.1. The second kappa shape index (κ2) is 8.05. The van der Waals surface area contributed by atoms with Crippen LogP contribution in [-0.2, 0) is 17.8 Å². The molecule has 0 unspecified atom stereocenters. The minimum atomic E-state index is -0.309. The van der Waals surface area contributed by atoms with Crippen LogP contribution in [0.5, 0.6) is 0 Å². The van der Waals surface area contributed by atoms with Crippen molar-refractivity contribution in [2.75, 3.05) is 5.32 Å². The number of nitrogens with one attached hydrogen (secondary N) is 1. The number of carbonyl (C=O) groups excluding carboxylic acids is 1. The quantitative estimate of drug-likeness (QED) is 0.544. The molecule has 0 aliphatic rings. The number of hydrogen-bond acceptors (Lipinski definition) is 6. The van der Waals surface area contributed by atoms with Crippen molar-refractivity contribution in [3.63, 3.8) is 0 Å². The summed E-state index contributed by atoms with van der Waals surface area (Å²) in [6.07, 6.45) is 1.01. The fourth-order valence-corrected chi connectivity index (χ4v) is 2.96. The molecule has 0 bridgehead atoms. The second-order valence-corrected chi connectivity index (χ2v) is 6.56. The molecule has 0 aliphatic carbocycles. The molecule has 146 valence electrons. The molecular weight excluding hydrogens is 370 g/mol. The third-order valence-electron chi connectivity index (χ3n) is 4.61. The minimum absolute atomic E-state index is 0.0498. The van der Waals surface area contributed by atoms with E-state index < -0.39 is 0 Å². The Hall–Kier alpha value is -3.81. The van der Waals surface area contributed by atoms with Gasteiger partial charge in [0.2, 0.25) is 11.8 Å². The van der Waals surface area contributed by atoms with Crippen LogP contribution >= 0.6 is 0 Å². The van der Waals surface area contributed by atoms with Crippen LogP contribution in [0.4, 0.5) is 5.88 Å². The van der Waals surface area contributed by atoms with Crippen LogP contribution in [0, 0.1) is 0 Å². The van der Waals surface area contributed by atoms with E-state index >= 15 is 0 Å². The number of carbonyl (C=O) groups is 1. The highest BCUT2D eigenvalue weighted by molar-refractivity contribution is 5.89. The Labute approximate surface area is 166 Å². The van der Waals surface area contributed by atoms with Crippen molar-refractivity contribution in [1.82, 2.24) is 20.2 Å². The first-order valence-corrected chi connectivity index (χ1v) is 9.32. The van der Waals surface area contributed by atoms with Gasteiger partial charge >= 0.3 is 0 Å². The first-order chi connectivity index (χ1) is 14.1. The molecule has 8 heteroatoms. The molecular formula is C21H19N5O3. The SMILES string of the molecule is CCc1ccc(-c2cc(NC(=O)CCn3nnc4ccccc4c3=O)on2)cc1. The highest BCUT2D eigenvalue weighted by Gasteiger charge is 2.11. The molecule has 2 aromatic carbocycles.